The van der Waals surface area contributed by atoms with Gasteiger partial charge in [-0.15, -0.1) is 0 Å². The first kappa shape index (κ1) is 21.0. The number of rotatable bonds is 5. The van der Waals surface area contributed by atoms with E-state index in [-0.39, 0.29) is 5.91 Å². The highest BCUT2D eigenvalue weighted by Gasteiger charge is 2.18. The molecular weight excluding hydrogens is 462 g/mol. The van der Waals surface area contributed by atoms with Gasteiger partial charge in [0.25, 0.3) is 5.91 Å². The zero-order chi connectivity index (χ0) is 23.1. The molecule has 0 saturated heterocycles. The van der Waals surface area contributed by atoms with E-state index < -0.39 is 0 Å². The molecule has 3 N–H and O–H groups in total. The number of H-pyrrole nitrogens is 1. The summed E-state index contributed by atoms with van der Waals surface area (Å²) >= 11 is 7.68. The van der Waals surface area contributed by atoms with E-state index in [4.69, 9.17) is 11.6 Å². The van der Waals surface area contributed by atoms with Gasteiger partial charge in [0, 0.05) is 28.3 Å². The maximum absolute atomic E-state index is 12.7. The number of benzene rings is 1. The average Bonchev–Trinajstić information content (AvgIpc) is 3.50. The van der Waals surface area contributed by atoms with Gasteiger partial charge in [-0.3, -0.25) is 9.89 Å². The number of carbonyl (C=O) groups is 1. The van der Waals surface area contributed by atoms with E-state index in [9.17, 15) is 4.79 Å². The number of imidazole rings is 1. The summed E-state index contributed by atoms with van der Waals surface area (Å²) in [5.74, 6) is 0.236. The summed E-state index contributed by atoms with van der Waals surface area (Å²) in [7, 11) is 3.69. The van der Waals surface area contributed by atoms with Crippen molar-refractivity contribution in [2.24, 2.45) is 14.1 Å². The van der Waals surface area contributed by atoms with Crippen LogP contribution in [0.1, 0.15) is 16.2 Å². The lowest BCUT2D eigenvalue weighted by atomic mass is 10.2. The second-order valence-corrected chi connectivity index (χ2v) is 8.68. The molecule has 0 atom stereocenters. The zero-order valence-electron chi connectivity index (χ0n) is 17.9. The predicted molar refractivity (Wildman–Crippen MR) is 127 cm³/mol. The highest BCUT2D eigenvalue weighted by atomic mass is 35.5. The maximum atomic E-state index is 12.7. The highest BCUT2D eigenvalue weighted by molar-refractivity contribution is 7.10. The van der Waals surface area contributed by atoms with E-state index in [1.54, 1.807) is 29.1 Å². The molecule has 166 valence electrons. The Balaban J connectivity index is 1.38. The number of aromatic amines is 1. The van der Waals surface area contributed by atoms with Gasteiger partial charge >= 0.3 is 0 Å². The third kappa shape index (κ3) is 4.15. The molecule has 0 aliphatic heterocycles. The van der Waals surface area contributed by atoms with Crippen molar-refractivity contribution in [2.75, 3.05) is 10.6 Å². The number of nitrogens with one attached hydrogen (secondary N) is 3. The van der Waals surface area contributed by atoms with Crippen LogP contribution in [0.25, 0.3) is 22.4 Å². The number of aryl methyl sites for hydroxylation is 3. The van der Waals surface area contributed by atoms with Crippen molar-refractivity contribution in [3.8, 4) is 11.5 Å². The number of carbonyl (C=O) groups excluding carboxylic acids is 1. The lowest BCUT2D eigenvalue weighted by molar-refractivity contribution is -0.671. The van der Waals surface area contributed by atoms with E-state index in [0.29, 0.717) is 38.7 Å². The summed E-state index contributed by atoms with van der Waals surface area (Å²) in [6, 6.07) is 7.30. The van der Waals surface area contributed by atoms with E-state index in [0.717, 1.165) is 16.6 Å². The average molecular weight is 481 g/mol. The summed E-state index contributed by atoms with van der Waals surface area (Å²) in [5, 5.41) is 15.0. The van der Waals surface area contributed by atoms with Crippen LogP contribution in [0.2, 0.25) is 5.02 Å². The number of pyridine rings is 1. The first-order valence-corrected chi connectivity index (χ1v) is 11.1. The Hall–Kier alpha value is -3.83. The lowest BCUT2D eigenvalue weighted by Gasteiger charge is -2.06. The second-order valence-electron chi connectivity index (χ2n) is 7.55. The van der Waals surface area contributed by atoms with Crippen molar-refractivity contribution in [2.45, 2.75) is 6.92 Å². The summed E-state index contributed by atoms with van der Waals surface area (Å²) in [5.41, 5.74) is 4.00. The molecule has 0 aliphatic carbocycles. The first-order chi connectivity index (χ1) is 15.9. The Morgan fingerprint density at radius 1 is 1.27 bits per heavy atom. The van der Waals surface area contributed by atoms with Crippen LogP contribution in [0.5, 0.6) is 0 Å². The number of amides is 1. The number of fused-ring (bicyclic) bond motifs is 1. The fraction of sp³-hybridized carbons (Fsp3) is 0.143. The minimum atomic E-state index is -0.215. The molecule has 5 aromatic rings. The van der Waals surface area contributed by atoms with Gasteiger partial charge in [-0.2, -0.15) is 14.5 Å². The zero-order valence-corrected chi connectivity index (χ0v) is 19.5. The molecule has 0 saturated carbocycles. The molecule has 4 aromatic heterocycles. The van der Waals surface area contributed by atoms with Crippen LogP contribution >= 0.6 is 23.1 Å². The monoisotopic (exact) mass is 480 g/mol. The van der Waals surface area contributed by atoms with Crippen LogP contribution < -0.4 is 15.2 Å². The minimum absolute atomic E-state index is 0.215. The number of hydrogen-bond donors (Lipinski definition) is 3. The molecule has 0 radical (unpaired) electrons. The van der Waals surface area contributed by atoms with E-state index in [1.165, 1.54) is 11.5 Å². The first-order valence-electron chi connectivity index (χ1n) is 9.92. The summed E-state index contributed by atoms with van der Waals surface area (Å²) < 4.78 is 8.01. The van der Waals surface area contributed by atoms with Crippen LogP contribution in [-0.2, 0) is 14.1 Å². The Bertz CT molecular complexity index is 1500. The third-order valence-corrected chi connectivity index (χ3v) is 6.00. The fourth-order valence-electron chi connectivity index (χ4n) is 3.49. The highest BCUT2D eigenvalue weighted by Crippen LogP contribution is 2.33. The van der Waals surface area contributed by atoms with E-state index in [1.807, 2.05) is 44.0 Å². The predicted octanol–water partition coefficient (Wildman–Crippen LogP) is 3.60. The molecule has 5 rings (SSSR count). The van der Waals surface area contributed by atoms with E-state index >= 15 is 0 Å². The van der Waals surface area contributed by atoms with Crippen LogP contribution in [0, 0.1) is 6.92 Å². The van der Waals surface area contributed by atoms with Gasteiger partial charge in [0.2, 0.25) is 17.2 Å². The smallest absolute Gasteiger partial charge is 0.299 e. The Labute approximate surface area is 197 Å². The quantitative estimate of drug-likeness (QED) is 0.331. The van der Waals surface area contributed by atoms with Crippen molar-refractivity contribution in [3.63, 3.8) is 0 Å². The van der Waals surface area contributed by atoms with Crippen LogP contribution in [-0.4, -0.2) is 35.0 Å². The molecular formula is C21H19ClN9OS+. The van der Waals surface area contributed by atoms with Crippen LogP contribution in [0.3, 0.4) is 0 Å². The number of hydrogen-bond acceptors (Lipinski definition) is 7. The number of nitrogens with zero attached hydrogens (tertiary/aromatic N) is 6. The normalized spacial score (nSPS) is 11.2. The van der Waals surface area contributed by atoms with Gasteiger partial charge in [0.1, 0.15) is 11.9 Å². The molecule has 0 fully saturated rings. The Kier molecular flexibility index (Phi) is 5.27. The number of aromatic nitrogens is 7. The van der Waals surface area contributed by atoms with Crippen molar-refractivity contribution in [3.05, 3.63) is 59.4 Å². The molecule has 0 bridgehead atoms. The van der Waals surface area contributed by atoms with Gasteiger partial charge in [0.15, 0.2) is 5.82 Å². The second kappa shape index (κ2) is 8.26. The summed E-state index contributed by atoms with van der Waals surface area (Å²) in [4.78, 5) is 21.8. The standard InChI is InChI=1S/C21H18ClN9OS/c1-11-6-12(25-20(32)17-9-30(2)10-31(17)3)7-16(24-11)19-27-21(33-29-19)26-15-5-4-14-13(18(15)22)8-23-28-14/h4-10H,1-3H3,(H2-,23,24,25,26,27,28,29,32)/p+1. The Morgan fingerprint density at radius 3 is 2.91 bits per heavy atom. The van der Waals surface area contributed by atoms with Crippen molar-refractivity contribution >= 4 is 56.4 Å². The van der Waals surface area contributed by atoms with E-state index in [2.05, 4.69) is 35.2 Å². The van der Waals surface area contributed by atoms with Gasteiger partial charge in [0.05, 0.1) is 36.5 Å². The van der Waals surface area contributed by atoms with Gasteiger partial charge in [-0.25, -0.2) is 14.1 Å². The third-order valence-electron chi connectivity index (χ3n) is 4.96. The summed E-state index contributed by atoms with van der Waals surface area (Å²) in [6.45, 7) is 1.85. The minimum Gasteiger partial charge on any atom is -0.329 e. The van der Waals surface area contributed by atoms with Gasteiger partial charge in [-0.1, -0.05) is 11.6 Å². The molecule has 4 heterocycles. The Morgan fingerprint density at radius 2 is 2.12 bits per heavy atom. The molecule has 10 nitrogen and oxygen atoms in total. The fourth-order valence-corrected chi connectivity index (χ4v) is 4.35. The lowest BCUT2D eigenvalue weighted by Crippen LogP contribution is -2.24. The van der Waals surface area contributed by atoms with Crippen LogP contribution in [0.15, 0.2) is 43.0 Å². The van der Waals surface area contributed by atoms with Crippen molar-refractivity contribution < 1.29 is 9.36 Å². The van der Waals surface area contributed by atoms with Gasteiger partial charge < -0.3 is 10.6 Å². The largest absolute Gasteiger partial charge is 0.329 e. The number of halogens is 1. The van der Waals surface area contributed by atoms with Gasteiger partial charge in [-0.05, 0) is 31.2 Å². The SMILES string of the molecule is Cc1cc(NC(=O)c2c[n+](C)cn2C)cc(-c2nsc(Nc3ccc4[nH]ncc4c3Cl)n2)n1. The molecule has 0 spiro atoms. The maximum Gasteiger partial charge on any atom is 0.299 e. The molecule has 12 heteroatoms. The summed E-state index contributed by atoms with van der Waals surface area (Å²) in [6.07, 6.45) is 5.26. The van der Waals surface area contributed by atoms with Crippen LogP contribution in [0.4, 0.5) is 16.5 Å². The van der Waals surface area contributed by atoms with Crippen molar-refractivity contribution in [1.82, 2.24) is 29.1 Å². The molecule has 33 heavy (non-hydrogen) atoms. The molecule has 0 aliphatic rings. The molecule has 1 amide bonds. The molecule has 1 aromatic carbocycles. The number of anilines is 3. The topological polar surface area (TPSA) is 117 Å². The van der Waals surface area contributed by atoms with Crippen molar-refractivity contribution in [1.29, 1.82) is 0 Å². The molecule has 0 unspecified atom stereocenters.